The van der Waals surface area contributed by atoms with Crippen molar-refractivity contribution in [2.24, 2.45) is 0 Å². The molecule has 2 aliphatic rings. The lowest BCUT2D eigenvalue weighted by Gasteiger charge is -2.28. The van der Waals surface area contributed by atoms with E-state index in [1.54, 1.807) is 0 Å². The van der Waals surface area contributed by atoms with Crippen LogP contribution in [0.25, 0.3) is 0 Å². The summed E-state index contributed by atoms with van der Waals surface area (Å²) in [6.45, 7) is 2.01. The summed E-state index contributed by atoms with van der Waals surface area (Å²) in [6.07, 6.45) is 3.55. The molecule has 2 aliphatic heterocycles. The average molecular weight is 182 g/mol. The van der Waals surface area contributed by atoms with Gasteiger partial charge in [0, 0.05) is 6.42 Å². The number of amides is 2. The molecular formula is C9H14N2O2. The fourth-order valence-corrected chi connectivity index (χ4v) is 2.08. The van der Waals surface area contributed by atoms with Gasteiger partial charge in [0.25, 0.3) is 0 Å². The van der Waals surface area contributed by atoms with Gasteiger partial charge in [-0.1, -0.05) is 0 Å². The molecule has 0 aromatic carbocycles. The molecule has 0 spiro atoms. The van der Waals surface area contributed by atoms with Crippen molar-refractivity contribution in [3.05, 3.63) is 0 Å². The Hall–Kier alpha value is -0.900. The van der Waals surface area contributed by atoms with Gasteiger partial charge in [0.2, 0.25) is 11.8 Å². The van der Waals surface area contributed by atoms with Crippen LogP contribution in [0.2, 0.25) is 0 Å². The highest BCUT2D eigenvalue weighted by Gasteiger charge is 2.32. The number of nitrogens with one attached hydrogen (secondary N) is 1. The lowest BCUT2D eigenvalue weighted by Crippen LogP contribution is -2.51. The summed E-state index contributed by atoms with van der Waals surface area (Å²) in [5.74, 6) is -0.224. The zero-order valence-electron chi connectivity index (χ0n) is 7.58. The van der Waals surface area contributed by atoms with Gasteiger partial charge in [0.1, 0.15) is 0 Å². The maximum absolute atomic E-state index is 11.4. The van der Waals surface area contributed by atoms with Crippen molar-refractivity contribution in [2.75, 3.05) is 13.1 Å². The first-order valence-corrected chi connectivity index (χ1v) is 4.85. The zero-order chi connectivity index (χ0) is 9.26. The van der Waals surface area contributed by atoms with Crippen LogP contribution in [0.5, 0.6) is 0 Å². The summed E-state index contributed by atoms with van der Waals surface area (Å²) < 4.78 is 0. The topological polar surface area (TPSA) is 49.4 Å². The number of rotatable bonds is 1. The monoisotopic (exact) mass is 182 g/mol. The van der Waals surface area contributed by atoms with Gasteiger partial charge >= 0.3 is 0 Å². The molecule has 1 atom stereocenters. The quantitative estimate of drug-likeness (QED) is 0.575. The average Bonchev–Trinajstić information content (AvgIpc) is 2.56. The molecule has 2 heterocycles. The second kappa shape index (κ2) is 3.46. The Balaban J connectivity index is 1.98. The maximum Gasteiger partial charge on any atom is 0.243 e. The van der Waals surface area contributed by atoms with Crippen molar-refractivity contribution in [3.8, 4) is 0 Å². The van der Waals surface area contributed by atoms with Crippen LogP contribution in [0.1, 0.15) is 25.7 Å². The minimum atomic E-state index is -0.125. The fourth-order valence-electron chi connectivity index (χ4n) is 2.08. The summed E-state index contributed by atoms with van der Waals surface area (Å²) in [5, 5.41) is 2.39. The number of hydrogen-bond acceptors (Lipinski definition) is 3. The molecule has 13 heavy (non-hydrogen) atoms. The SMILES string of the molecule is O=C1CCC(N2CCCC2)C(=O)N1. The van der Waals surface area contributed by atoms with Crippen molar-refractivity contribution < 1.29 is 9.59 Å². The number of likely N-dealkylation sites (tertiary alicyclic amines) is 1. The minimum Gasteiger partial charge on any atom is -0.295 e. The van der Waals surface area contributed by atoms with Gasteiger partial charge in [-0.3, -0.25) is 19.8 Å². The first-order valence-electron chi connectivity index (χ1n) is 4.85. The van der Waals surface area contributed by atoms with Crippen LogP contribution in [0.3, 0.4) is 0 Å². The third-order valence-corrected chi connectivity index (χ3v) is 2.79. The predicted molar refractivity (Wildman–Crippen MR) is 47.0 cm³/mol. The molecule has 0 aliphatic carbocycles. The molecule has 2 rings (SSSR count). The van der Waals surface area contributed by atoms with Crippen molar-refractivity contribution >= 4 is 11.8 Å². The Kier molecular flexibility index (Phi) is 2.31. The Morgan fingerprint density at radius 3 is 2.54 bits per heavy atom. The van der Waals surface area contributed by atoms with Crippen LogP contribution >= 0.6 is 0 Å². The van der Waals surface area contributed by atoms with Gasteiger partial charge in [-0.05, 0) is 32.4 Å². The zero-order valence-corrected chi connectivity index (χ0v) is 7.58. The van der Waals surface area contributed by atoms with Gasteiger partial charge < -0.3 is 0 Å². The van der Waals surface area contributed by atoms with Gasteiger partial charge in [-0.15, -0.1) is 0 Å². The molecule has 2 saturated heterocycles. The van der Waals surface area contributed by atoms with Crippen molar-refractivity contribution in [2.45, 2.75) is 31.7 Å². The van der Waals surface area contributed by atoms with E-state index in [0.29, 0.717) is 12.8 Å². The van der Waals surface area contributed by atoms with E-state index in [9.17, 15) is 9.59 Å². The summed E-state index contributed by atoms with van der Waals surface area (Å²) in [5.41, 5.74) is 0. The highest BCUT2D eigenvalue weighted by Crippen LogP contribution is 2.17. The first-order chi connectivity index (χ1) is 6.27. The second-order valence-electron chi connectivity index (χ2n) is 3.71. The molecule has 2 amide bonds. The van der Waals surface area contributed by atoms with Crippen LogP contribution in [0.15, 0.2) is 0 Å². The van der Waals surface area contributed by atoms with Gasteiger partial charge in [-0.2, -0.15) is 0 Å². The van der Waals surface area contributed by atoms with E-state index >= 15 is 0 Å². The lowest BCUT2D eigenvalue weighted by molar-refractivity contribution is -0.137. The van der Waals surface area contributed by atoms with Crippen molar-refractivity contribution in [1.29, 1.82) is 0 Å². The van der Waals surface area contributed by atoms with E-state index in [1.807, 2.05) is 0 Å². The molecule has 0 aromatic heterocycles. The number of piperidine rings is 1. The number of hydrogen-bond donors (Lipinski definition) is 1. The molecule has 2 fully saturated rings. The molecule has 0 bridgehead atoms. The third kappa shape index (κ3) is 1.72. The number of nitrogens with zero attached hydrogens (tertiary/aromatic N) is 1. The van der Waals surface area contributed by atoms with E-state index in [2.05, 4.69) is 10.2 Å². The lowest BCUT2D eigenvalue weighted by atomic mass is 10.1. The van der Waals surface area contributed by atoms with E-state index in [0.717, 1.165) is 13.1 Å². The summed E-state index contributed by atoms with van der Waals surface area (Å²) >= 11 is 0. The predicted octanol–water partition coefficient (Wildman–Crippen LogP) is -0.113. The molecule has 1 N–H and O–H groups in total. The van der Waals surface area contributed by atoms with Crippen LogP contribution in [0, 0.1) is 0 Å². The number of carbonyl (C=O) groups is 2. The standard InChI is InChI=1S/C9H14N2O2/c12-8-4-3-7(9(13)10-8)11-5-1-2-6-11/h7H,1-6H2,(H,10,12,13). The normalized spacial score (nSPS) is 30.6. The molecule has 0 saturated carbocycles. The van der Waals surface area contributed by atoms with Crippen LogP contribution in [-0.2, 0) is 9.59 Å². The highest BCUT2D eigenvalue weighted by atomic mass is 16.2. The Bertz CT molecular complexity index is 234. The molecule has 0 radical (unpaired) electrons. The van der Waals surface area contributed by atoms with E-state index < -0.39 is 0 Å². The Morgan fingerprint density at radius 1 is 1.23 bits per heavy atom. The van der Waals surface area contributed by atoms with Crippen molar-refractivity contribution in [1.82, 2.24) is 10.2 Å². The molecule has 4 heteroatoms. The van der Waals surface area contributed by atoms with Gasteiger partial charge in [0.15, 0.2) is 0 Å². The molecule has 4 nitrogen and oxygen atoms in total. The second-order valence-corrected chi connectivity index (χ2v) is 3.71. The molecular weight excluding hydrogens is 168 g/mol. The van der Waals surface area contributed by atoms with Crippen LogP contribution in [-0.4, -0.2) is 35.8 Å². The summed E-state index contributed by atoms with van der Waals surface area (Å²) in [6, 6.07) is -0.0415. The van der Waals surface area contributed by atoms with E-state index in [1.165, 1.54) is 12.8 Å². The van der Waals surface area contributed by atoms with Gasteiger partial charge in [-0.25, -0.2) is 0 Å². The van der Waals surface area contributed by atoms with E-state index in [4.69, 9.17) is 0 Å². The van der Waals surface area contributed by atoms with Gasteiger partial charge in [0.05, 0.1) is 6.04 Å². The molecule has 0 aromatic rings. The largest absolute Gasteiger partial charge is 0.295 e. The Morgan fingerprint density at radius 2 is 1.92 bits per heavy atom. The van der Waals surface area contributed by atoms with E-state index in [-0.39, 0.29) is 17.9 Å². The Labute approximate surface area is 77.3 Å². The molecule has 72 valence electrons. The number of carbonyl (C=O) groups excluding carboxylic acids is 2. The van der Waals surface area contributed by atoms with Crippen LogP contribution < -0.4 is 5.32 Å². The first kappa shape index (κ1) is 8.69. The smallest absolute Gasteiger partial charge is 0.243 e. The minimum absolute atomic E-state index is 0.0415. The maximum atomic E-state index is 11.4. The third-order valence-electron chi connectivity index (χ3n) is 2.79. The molecule has 1 unspecified atom stereocenters. The van der Waals surface area contributed by atoms with Crippen LogP contribution in [0.4, 0.5) is 0 Å². The number of imide groups is 1. The summed E-state index contributed by atoms with van der Waals surface area (Å²) in [7, 11) is 0. The fraction of sp³-hybridized carbons (Fsp3) is 0.778. The highest BCUT2D eigenvalue weighted by molar-refractivity contribution is 6.00. The summed E-state index contributed by atoms with van der Waals surface area (Å²) in [4.78, 5) is 24.5. The van der Waals surface area contributed by atoms with Crippen molar-refractivity contribution in [3.63, 3.8) is 0 Å².